The number of unbranched alkanes of at least 4 members (excludes halogenated alkanes) is 9. The van der Waals surface area contributed by atoms with Crippen LogP contribution in [0.15, 0.2) is 108 Å². The molecule has 1 atom stereocenters. The van der Waals surface area contributed by atoms with Crippen molar-refractivity contribution < 1.29 is 13.9 Å². The number of rotatable bonds is 22. The molecule has 0 spiro atoms. The summed E-state index contributed by atoms with van der Waals surface area (Å²) >= 11 is 0. The maximum absolute atomic E-state index is 11.4. The fraction of sp³-hybridized carbons (Fsp3) is 0.408. The first-order valence-corrected chi connectivity index (χ1v) is 20.8. The Morgan fingerprint density at radius 2 is 1.27 bits per heavy atom. The molecule has 0 N–H and O–H groups in total. The number of para-hydroxylation sites is 1. The Morgan fingerprint density at radius 3 is 1.95 bits per heavy atom. The lowest BCUT2D eigenvalue weighted by molar-refractivity contribution is -0.139. The van der Waals surface area contributed by atoms with Gasteiger partial charge in [-0.1, -0.05) is 139 Å². The zero-order chi connectivity index (χ0) is 38.4. The standard InChI is InChI=1S/C49H59N3O3/c1-5-7-19-37(6-2)35-52-45-22-17-16-21-43(45)44-34-42(31-32-46(44)52)48-51-50-47(55-48)41-29-27-40(28-30-41)39-25-23-38(24-26-39)20-15-13-11-9-8-10-12-14-18-33-54-49(53)36(3)4/h16-17,21-32,34,37H,3,5-15,18-20,33,35H2,1-2,4H3. The van der Waals surface area contributed by atoms with Crippen LogP contribution in [0.1, 0.15) is 110 Å². The minimum atomic E-state index is -0.277. The first-order valence-electron chi connectivity index (χ1n) is 20.8. The van der Waals surface area contributed by atoms with Gasteiger partial charge in [-0.05, 0) is 91.6 Å². The van der Waals surface area contributed by atoms with Crippen LogP contribution in [0, 0.1) is 5.92 Å². The first kappa shape index (κ1) is 39.7. The molecular formula is C49H59N3O3. The molecule has 0 saturated heterocycles. The smallest absolute Gasteiger partial charge is 0.333 e. The van der Waals surface area contributed by atoms with Crippen molar-refractivity contribution in [2.24, 2.45) is 5.92 Å². The van der Waals surface area contributed by atoms with Crippen molar-refractivity contribution in [2.75, 3.05) is 6.61 Å². The van der Waals surface area contributed by atoms with Crippen LogP contribution in [0.4, 0.5) is 0 Å². The number of hydrogen-bond donors (Lipinski definition) is 0. The quantitative estimate of drug-likeness (QED) is 0.0394. The molecule has 0 aliphatic rings. The van der Waals surface area contributed by atoms with Crippen molar-refractivity contribution in [2.45, 2.75) is 117 Å². The average Bonchev–Trinajstić information content (AvgIpc) is 3.83. The molecule has 1 unspecified atom stereocenters. The SMILES string of the molecule is C=C(C)C(=O)OCCCCCCCCCCCc1ccc(-c2ccc(-c3nnc(-c4ccc5c(c4)c4ccccc4n5CC(CC)CCCC)o3)cc2)cc1. The third-order valence-corrected chi connectivity index (χ3v) is 11.0. The Bertz CT molecular complexity index is 2120. The van der Waals surface area contributed by atoms with Gasteiger partial charge in [-0.25, -0.2) is 4.79 Å². The Kier molecular flexibility index (Phi) is 14.5. The number of carbonyl (C=O) groups is 1. The topological polar surface area (TPSA) is 70.2 Å². The number of aromatic nitrogens is 3. The molecule has 6 heteroatoms. The summed E-state index contributed by atoms with van der Waals surface area (Å²) in [5.74, 6) is 1.46. The zero-order valence-electron chi connectivity index (χ0n) is 33.3. The minimum Gasteiger partial charge on any atom is -0.462 e. The van der Waals surface area contributed by atoms with Gasteiger partial charge in [-0.15, -0.1) is 10.2 Å². The maximum Gasteiger partial charge on any atom is 0.333 e. The fourth-order valence-corrected chi connectivity index (χ4v) is 7.64. The molecule has 288 valence electrons. The van der Waals surface area contributed by atoms with Crippen LogP contribution in [0.25, 0.3) is 55.8 Å². The number of esters is 1. The van der Waals surface area contributed by atoms with Gasteiger partial charge >= 0.3 is 5.97 Å². The summed E-state index contributed by atoms with van der Waals surface area (Å²) < 4.78 is 13.9. The molecule has 0 aliphatic heterocycles. The number of aryl methyl sites for hydroxylation is 1. The van der Waals surface area contributed by atoms with Gasteiger partial charge < -0.3 is 13.7 Å². The van der Waals surface area contributed by atoms with E-state index in [0.717, 1.165) is 36.9 Å². The number of ether oxygens (including phenoxy) is 1. The lowest BCUT2D eigenvalue weighted by Crippen LogP contribution is -2.10. The molecule has 6 rings (SSSR count). The normalized spacial score (nSPS) is 12.1. The van der Waals surface area contributed by atoms with Crippen LogP contribution >= 0.6 is 0 Å². The summed E-state index contributed by atoms with van der Waals surface area (Å²) in [5, 5.41) is 11.4. The van der Waals surface area contributed by atoms with E-state index < -0.39 is 0 Å². The monoisotopic (exact) mass is 737 g/mol. The Balaban J connectivity index is 0.978. The van der Waals surface area contributed by atoms with Gasteiger partial charge in [0.05, 0.1) is 6.61 Å². The molecular weight excluding hydrogens is 679 g/mol. The van der Waals surface area contributed by atoms with E-state index in [1.807, 2.05) is 0 Å². The lowest BCUT2D eigenvalue weighted by Gasteiger charge is -2.17. The summed E-state index contributed by atoms with van der Waals surface area (Å²) in [5.41, 5.74) is 8.64. The highest BCUT2D eigenvalue weighted by Gasteiger charge is 2.17. The van der Waals surface area contributed by atoms with E-state index in [0.29, 0.717) is 29.9 Å². The van der Waals surface area contributed by atoms with Gasteiger partial charge in [0.2, 0.25) is 11.8 Å². The summed E-state index contributed by atoms with van der Waals surface area (Å²) in [7, 11) is 0. The summed E-state index contributed by atoms with van der Waals surface area (Å²) in [6.45, 7) is 11.4. The van der Waals surface area contributed by atoms with Crippen molar-refractivity contribution in [3.05, 3.63) is 109 Å². The van der Waals surface area contributed by atoms with Crippen molar-refractivity contribution >= 4 is 27.8 Å². The van der Waals surface area contributed by atoms with E-state index in [9.17, 15) is 4.79 Å². The molecule has 6 aromatic rings. The average molecular weight is 738 g/mol. The second kappa shape index (κ2) is 20.1. The predicted molar refractivity (Wildman–Crippen MR) is 228 cm³/mol. The molecule has 0 amide bonds. The highest BCUT2D eigenvalue weighted by molar-refractivity contribution is 6.09. The highest BCUT2D eigenvalue weighted by atomic mass is 16.5. The molecule has 2 aromatic heterocycles. The minimum absolute atomic E-state index is 0.277. The number of nitrogens with zero attached hydrogens (tertiary/aromatic N) is 3. The molecule has 55 heavy (non-hydrogen) atoms. The summed E-state index contributed by atoms with van der Waals surface area (Å²) in [6.07, 6.45) is 17.0. The summed E-state index contributed by atoms with van der Waals surface area (Å²) in [6, 6.07) is 32.7. The second-order valence-electron chi connectivity index (χ2n) is 15.3. The van der Waals surface area contributed by atoms with Gasteiger partial charge in [0, 0.05) is 45.1 Å². The molecule has 2 heterocycles. The largest absolute Gasteiger partial charge is 0.462 e. The Hall–Kier alpha value is -4.97. The van der Waals surface area contributed by atoms with E-state index in [2.05, 4.69) is 126 Å². The number of carbonyl (C=O) groups excluding carboxylic acids is 1. The van der Waals surface area contributed by atoms with E-state index >= 15 is 0 Å². The van der Waals surface area contributed by atoms with Gasteiger partial charge in [-0.3, -0.25) is 0 Å². The van der Waals surface area contributed by atoms with Crippen LogP contribution in [0.3, 0.4) is 0 Å². The van der Waals surface area contributed by atoms with Gasteiger partial charge in [0.15, 0.2) is 0 Å². The molecule has 6 nitrogen and oxygen atoms in total. The van der Waals surface area contributed by atoms with Crippen molar-refractivity contribution in [1.29, 1.82) is 0 Å². The highest BCUT2D eigenvalue weighted by Crippen LogP contribution is 2.35. The molecule has 4 aromatic carbocycles. The first-order chi connectivity index (χ1) is 26.9. The van der Waals surface area contributed by atoms with Crippen molar-refractivity contribution in [3.8, 4) is 34.0 Å². The molecule has 0 saturated carbocycles. The third kappa shape index (κ3) is 10.6. The third-order valence-electron chi connectivity index (χ3n) is 11.0. The van der Waals surface area contributed by atoms with E-state index in [4.69, 9.17) is 9.15 Å². The molecule has 0 fully saturated rings. The van der Waals surface area contributed by atoms with Gasteiger partial charge in [-0.2, -0.15) is 0 Å². The van der Waals surface area contributed by atoms with Crippen LogP contribution in [-0.2, 0) is 22.5 Å². The van der Waals surface area contributed by atoms with Crippen LogP contribution in [-0.4, -0.2) is 27.3 Å². The van der Waals surface area contributed by atoms with Gasteiger partial charge in [0.25, 0.3) is 0 Å². The Labute approximate surface area is 328 Å². The summed E-state index contributed by atoms with van der Waals surface area (Å²) in [4.78, 5) is 11.4. The second-order valence-corrected chi connectivity index (χ2v) is 15.3. The van der Waals surface area contributed by atoms with Crippen LogP contribution in [0.5, 0.6) is 0 Å². The van der Waals surface area contributed by atoms with E-state index in [1.165, 1.54) is 109 Å². The number of benzene rings is 4. The molecule has 0 bridgehead atoms. The fourth-order valence-electron chi connectivity index (χ4n) is 7.64. The molecule has 0 radical (unpaired) electrons. The van der Waals surface area contributed by atoms with Crippen LogP contribution in [0.2, 0.25) is 0 Å². The van der Waals surface area contributed by atoms with Crippen molar-refractivity contribution in [1.82, 2.24) is 14.8 Å². The zero-order valence-corrected chi connectivity index (χ0v) is 33.3. The van der Waals surface area contributed by atoms with E-state index in [1.54, 1.807) is 6.92 Å². The predicted octanol–water partition coefficient (Wildman–Crippen LogP) is 13.6. The van der Waals surface area contributed by atoms with Gasteiger partial charge in [0.1, 0.15) is 0 Å². The number of hydrogen-bond acceptors (Lipinski definition) is 5. The van der Waals surface area contributed by atoms with Crippen molar-refractivity contribution in [3.63, 3.8) is 0 Å². The maximum atomic E-state index is 11.4. The van der Waals surface area contributed by atoms with Crippen LogP contribution < -0.4 is 0 Å². The Morgan fingerprint density at radius 1 is 0.691 bits per heavy atom. The number of fused-ring (bicyclic) bond motifs is 3. The lowest BCUT2D eigenvalue weighted by atomic mass is 9.99. The molecule has 0 aliphatic carbocycles. The van der Waals surface area contributed by atoms with E-state index in [-0.39, 0.29) is 5.97 Å².